The molecule has 96 valence electrons. The highest BCUT2D eigenvalue weighted by Gasteiger charge is 2.44. The van der Waals surface area contributed by atoms with Crippen LogP contribution in [-0.4, -0.2) is 13.1 Å². The zero-order valence-electron chi connectivity index (χ0n) is 11.8. The molecule has 0 radical (unpaired) electrons. The van der Waals surface area contributed by atoms with Gasteiger partial charge in [0.1, 0.15) is 0 Å². The average molecular weight is 233 g/mol. The molecule has 1 N–H and O–H groups in total. The topological polar surface area (TPSA) is 12.0 Å². The monoisotopic (exact) mass is 233 g/mol. The van der Waals surface area contributed by atoms with Gasteiger partial charge in [-0.3, -0.25) is 0 Å². The standard InChI is InChI=1S/C16H27N/c1-16(2,3)11-5-6-14(17-4)15(12-7-8-12)13-9-10-13/h12-15,17H,6-10H2,1-4H3. The summed E-state index contributed by atoms with van der Waals surface area (Å²) in [4.78, 5) is 0. The molecule has 2 saturated carbocycles. The molecule has 0 heterocycles. The summed E-state index contributed by atoms with van der Waals surface area (Å²) in [6.07, 6.45) is 6.89. The molecule has 0 aromatic heterocycles. The van der Waals surface area contributed by atoms with Crippen molar-refractivity contribution in [2.24, 2.45) is 23.2 Å². The van der Waals surface area contributed by atoms with Gasteiger partial charge in [0.05, 0.1) is 0 Å². The zero-order valence-corrected chi connectivity index (χ0v) is 11.8. The van der Waals surface area contributed by atoms with Gasteiger partial charge in [-0.2, -0.15) is 0 Å². The lowest BCUT2D eigenvalue weighted by Crippen LogP contribution is -2.35. The lowest BCUT2D eigenvalue weighted by atomic mass is 9.87. The second kappa shape index (κ2) is 5.02. The van der Waals surface area contributed by atoms with Crippen LogP contribution in [-0.2, 0) is 0 Å². The number of rotatable bonds is 5. The largest absolute Gasteiger partial charge is 0.316 e. The molecule has 0 saturated heterocycles. The fourth-order valence-electron chi connectivity index (χ4n) is 2.86. The molecule has 2 fully saturated rings. The third-order valence-electron chi connectivity index (χ3n) is 3.95. The van der Waals surface area contributed by atoms with E-state index in [1.807, 2.05) is 0 Å². The quantitative estimate of drug-likeness (QED) is 0.717. The summed E-state index contributed by atoms with van der Waals surface area (Å²) in [7, 11) is 2.11. The fourth-order valence-corrected chi connectivity index (χ4v) is 2.86. The fraction of sp³-hybridized carbons (Fsp3) is 0.875. The smallest absolute Gasteiger partial charge is 0.0246 e. The molecule has 2 aliphatic rings. The van der Waals surface area contributed by atoms with E-state index in [4.69, 9.17) is 0 Å². The molecule has 17 heavy (non-hydrogen) atoms. The van der Waals surface area contributed by atoms with Gasteiger partial charge in [-0.25, -0.2) is 0 Å². The number of hydrogen-bond donors (Lipinski definition) is 1. The summed E-state index contributed by atoms with van der Waals surface area (Å²) in [5.41, 5.74) is 0.146. The summed E-state index contributed by atoms with van der Waals surface area (Å²) < 4.78 is 0. The molecule has 1 atom stereocenters. The van der Waals surface area contributed by atoms with Crippen molar-refractivity contribution in [3.05, 3.63) is 0 Å². The molecule has 1 unspecified atom stereocenters. The Morgan fingerprint density at radius 3 is 2.00 bits per heavy atom. The summed E-state index contributed by atoms with van der Waals surface area (Å²) in [6, 6.07) is 0.629. The Bertz CT molecular complexity index is 295. The lowest BCUT2D eigenvalue weighted by molar-refractivity contribution is 0.299. The second-order valence-electron chi connectivity index (χ2n) is 6.90. The van der Waals surface area contributed by atoms with Gasteiger partial charge < -0.3 is 5.32 Å². The summed E-state index contributed by atoms with van der Waals surface area (Å²) in [5.74, 6) is 9.71. The molecular formula is C16H27N. The molecule has 2 rings (SSSR count). The molecule has 2 aliphatic carbocycles. The van der Waals surface area contributed by atoms with Crippen molar-refractivity contribution in [3.63, 3.8) is 0 Å². The molecule has 0 aliphatic heterocycles. The van der Waals surface area contributed by atoms with Crippen molar-refractivity contribution < 1.29 is 0 Å². The molecule has 0 amide bonds. The van der Waals surface area contributed by atoms with Crippen LogP contribution in [0.2, 0.25) is 0 Å². The second-order valence-corrected chi connectivity index (χ2v) is 6.90. The molecule has 0 aromatic rings. The number of hydrogen-bond acceptors (Lipinski definition) is 1. The third-order valence-corrected chi connectivity index (χ3v) is 3.95. The first kappa shape index (κ1) is 13.0. The average Bonchev–Trinajstić information content (AvgIpc) is 3.09. The molecular weight excluding hydrogens is 206 g/mol. The van der Waals surface area contributed by atoms with Crippen LogP contribution in [0.1, 0.15) is 52.9 Å². The van der Waals surface area contributed by atoms with Crippen LogP contribution < -0.4 is 5.32 Å². The Labute approximate surface area is 107 Å². The van der Waals surface area contributed by atoms with E-state index in [-0.39, 0.29) is 5.41 Å². The minimum atomic E-state index is 0.146. The van der Waals surface area contributed by atoms with E-state index < -0.39 is 0 Å². The Morgan fingerprint density at radius 2 is 1.65 bits per heavy atom. The van der Waals surface area contributed by atoms with Gasteiger partial charge >= 0.3 is 0 Å². The van der Waals surface area contributed by atoms with E-state index in [9.17, 15) is 0 Å². The Morgan fingerprint density at radius 1 is 1.12 bits per heavy atom. The van der Waals surface area contributed by atoms with Gasteiger partial charge in [-0.15, -0.1) is 5.92 Å². The van der Waals surface area contributed by atoms with E-state index >= 15 is 0 Å². The highest BCUT2D eigenvalue weighted by molar-refractivity contribution is 5.10. The van der Waals surface area contributed by atoms with E-state index in [1.54, 1.807) is 0 Å². The van der Waals surface area contributed by atoms with Crippen molar-refractivity contribution in [1.29, 1.82) is 0 Å². The van der Waals surface area contributed by atoms with Crippen LogP contribution in [0.4, 0.5) is 0 Å². The van der Waals surface area contributed by atoms with Crippen LogP contribution >= 0.6 is 0 Å². The highest BCUT2D eigenvalue weighted by Crippen LogP contribution is 2.51. The Balaban J connectivity index is 1.92. The third kappa shape index (κ3) is 4.03. The predicted molar refractivity (Wildman–Crippen MR) is 73.6 cm³/mol. The van der Waals surface area contributed by atoms with Crippen molar-refractivity contribution in [2.45, 2.75) is 58.9 Å². The molecule has 0 aromatic carbocycles. The Kier molecular flexibility index (Phi) is 3.83. The molecule has 0 bridgehead atoms. The molecule has 1 nitrogen and oxygen atoms in total. The van der Waals surface area contributed by atoms with Crippen LogP contribution in [0.3, 0.4) is 0 Å². The Hall–Kier alpha value is -0.480. The zero-order chi connectivity index (χ0) is 12.5. The lowest BCUT2D eigenvalue weighted by Gasteiger charge is -2.25. The van der Waals surface area contributed by atoms with E-state index in [0.29, 0.717) is 6.04 Å². The van der Waals surface area contributed by atoms with Gasteiger partial charge in [0.25, 0.3) is 0 Å². The first-order chi connectivity index (χ1) is 8.01. The summed E-state index contributed by atoms with van der Waals surface area (Å²) in [6.45, 7) is 6.56. The van der Waals surface area contributed by atoms with Crippen LogP contribution in [0, 0.1) is 35.0 Å². The van der Waals surface area contributed by atoms with E-state index in [0.717, 1.165) is 24.2 Å². The summed E-state index contributed by atoms with van der Waals surface area (Å²) >= 11 is 0. The van der Waals surface area contributed by atoms with Gasteiger partial charge in [0, 0.05) is 17.9 Å². The maximum absolute atomic E-state index is 3.53. The van der Waals surface area contributed by atoms with Crippen LogP contribution in [0.25, 0.3) is 0 Å². The minimum Gasteiger partial charge on any atom is -0.316 e. The van der Waals surface area contributed by atoms with Crippen LogP contribution in [0.5, 0.6) is 0 Å². The van der Waals surface area contributed by atoms with Crippen molar-refractivity contribution in [3.8, 4) is 11.8 Å². The van der Waals surface area contributed by atoms with Crippen molar-refractivity contribution >= 4 is 0 Å². The SMILES string of the molecule is CNC(CC#CC(C)(C)C)C(C1CC1)C1CC1. The van der Waals surface area contributed by atoms with Crippen LogP contribution in [0.15, 0.2) is 0 Å². The predicted octanol–water partition coefficient (Wildman–Crippen LogP) is 3.45. The van der Waals surface area contributed by atoms with Gasteiger partial charge in [-0.05, 0) is 71.3 Å². The number of nitrogens with one attached hydrogen (secondary N) is 1. The molecule has 0 spiro atoms. The normalized spacial score (nSPS) is 22.2. The molecule has 1 heteroatoms. The van der Waals surface area contributed by atoms with Gasteiger partial charge in [-0.1, -0.05) is 5.92 Å². The van der Waals surface area contributed by atoms with Crippen molar-refractivity contribution in [2.75, 3.05) is 7.05 Å². The van der Waals surface area contributed by atoms with Crippen molar-refractivity contribution in [1.82, 2.24) is 5.32 Å². The first-order valence-electron chi connectivity index (χ1n) is 7.18. The maximum Gasteiger partial charge on any atom is 0.0246 e. The van der Waals surface area contributed by atoms with E-state index in [1.165, 1.54) is 25.7 Å². The summed E-state index contributed by atoms with van der Waals surface area (Å²) in [5, 5.41) is 3.53. The highest BCUT2D eigenvalue weighted by atomic mass is 14.9. The van der Waals surface area contributed by atoms with E-state index in [2.05, 4.69) is 45.0 Å². The van der Waals surface area contributed by atoms with Gasteiger partial charge in [0.15, 0.2) is 0 Å². The maximum atomic E-state index is 3.53. The first-order valence-corrected chi connectivity index (χ1v) is 7.18. The van der Waals surface area contributed by atoms with Gasteiger partial charge in [0.2, 0.25) is 0 Å². The minimum absolute atomic E-state index is 0.146.